The molecule has 0 bridgehead atoms. The number of nitrogens with zero attached hydrogens (tertiary/aromatic N) is 1. The summed E-state index contributed by atoms with van der Waals surface area (Å²) >= 11 is 0. The summed E-state index contributed by atoms with van der Waals surface area (Å²) in [5, 5.41) is 6.21. The lowest BCUT2D eigenvalue weighted by molar-refractivity contribution is -0.140. The van der Waals surface area contributed by atoms with Crippen molar-refractivity contribution in [2.45, 2.75) is 19.4 Å². The number of methoxy groups -OCH3 is 1. The Bertz CT molecular complexity index is 1150. The molecule has 4 rings (SSSR count). The van der Waals surface area contributed by atoms with Gasteiger partial charge in [0.15, 0.2) is 0 Å². The van der Waals surface area contributed by atoms with Crippen molar-refractivity contribution >= 4 is 34.3 Å². The van der Waals surface area contributed by atoms with Crippen molar-refractivity contribution in [1.29, 1.82) is 0 Å². The number of carbonyl (C=O) groups is 3. The van der Waals surface area contributed by atoms with Crippen LogP contribution in [0.15, 0.2) is 48.7 Å². The smallest absolute Gasteiger partial charge is 0.310 e. The lowest BCUT2D eigenvalue weighted by atomic mass is 10.1. The summed E-state index contributed by atoms with van der Waals surface area (Å²) < 4.78 is 5.27. The van der Waals surface area contributed by atoms with Gasteiger partial charge in [-0.25, -0.2) is 0 Å². The number of fused-ring (bicyclic) bond motifs is 2. The van der Waals surface area contributed by atoms with Gasteiger partial charge >= 0.3 is 11.8 Å². The molecule has 2 heterocycles. The maximum absolute atomic E-state index is 12.7. The number of likely N-dealkylation sites (N-methyl/N-ethyl adjacent to an activating group) is 1. The summed E-state index contributed by atoms with van der Waals surface area (Å²) in [7, 11) is 1.61. The van der Waals surface area contributed by atoms with Crippen LogP contribution in [0.5, 0.6) is 5.75 Å². The third kappa shape index (κ3) is 3.84. The molecule has 1 aliphatic rings. The number of ether oxygens (including phenoxy) is 1. The fourth-order valence-corrected chi connectivity index (χ4v) is 3.93. The normalized spacial score (nSPS) is 15.1. The highest BCUT2D eigenvalue weighted by Crippen LogP contribution is 2.35. The van der Waals surface area contributed by atoms with Gasteiger partial charge in [-0.1, -0.05) is 18.2 Å². The van der Waals surface area contributed by atoms with Crippen LogP contribution in [0.4, 0.5) is 5.69 Å². The van der Waals surface area contributed by atoms with Gasteiger partial charge in [-0.15, -0.1) is 0 Å². The number of anilines is 1. The standard InChI is InChI=1S/C23H24N4O4/c1-3-27-19-7-5-4-6-16(19)20(23(27)30)26-22(29)21(28)24-11-10-14-13-25-18-9-8-15(31-2)12-17(14)18/h4-9,12-13,20,25H,3,10-11H2,1-2H3,(H,24,28)(H,26,29)/t20-/m0/s1. The fraction of sp³-hybridized carbons (Fsp3) is 0.261. The number of carbonyl (C=O) groups excluding carboxylic acids is 3. The second-order valence-electron chi connectivity index (χ2n) is 7.28. The van der Waals surface area contributed by atoms with Gasteiger partial charge in [-0.2, -0.15) is 0 Å². The molecular formula is C23H24N4O4. The number of hydrogen-bond acceptors (Lipinski definition) is 4. The molecule has 8 heteroatoms. The summed E-state index contributed by atoms with van der Waals surface area (Å²) in [6.45, 7) is 2.64. The van der Waals surface area contributed by atoms with E-state index >= 15 is 0 Å². The van der Waals surface area contributed by atoms with Crippen LogP contribution in [0.25, 0.3) is 10.9 Å². The first-order valence-electron chi connectivity index (χ1n) is 10.2. The van der Waals surface area contributed by atoms with Crippen LogP contribution in [0.3, 0.4) is 0 Å². The van der Waals surface area contributed by atoms with E-state index in [0.717, 1.165) is 27.9 Å². The number of benzene rings is 2. The zero-order chi connectivity index (χ0) is 22.0. The van der Waals surface area contributed by atoms with Crippen LogP contribution in [-0.2, 0) is 20.8 Å². The van der Waals surface area contributed by atoms with E-state index < -0.39 is 17.9 Å². The molecule has 1 aliphatic heterocycles. The highest BCUT2D eigenvalue weighted by Gasteiger charge is 2.37. The summed E-state index contributed by atoms with van der Waals surface area (Å²) in [5.74, 6) is -1.08. The van der Waals surface area contributed by atoms with Gasteiger partial charge in [-0.3, -0.25) is 14.4 Å². The van der Waals surface area contributed by atoms with Crippen LogP contribution in [0.1, 0.15) is 24.1 Å². The van der Waals surface area contributed by atoms with Crippen molar-refractivity contribution in [2.24, 2.45) is 0 Å². The van der Waals surface area contributed by atoms with E-state index in [1.807, 2.05) is 43.5 Å². The monoisotopic (exact) mass is 420 g/mol. The first-order valence-corrected chi connectivity index (χ1v) is 10.2. The van der Waals surface area contributed by atoms with Crippen molar-refractivity contribution < 1.29 is 19.1 Å². The Morgan fingerprint density at radius 3 is 2.74 bits per heavy atom. The number of amides is 3. The third-order valence-corrected chi connectivity index (χ3v) is 5.50. The van der Waals surface area contributed by atoms with E-state index in [2.05, 4.69) is 15.6 Å². The number of nitrogens with one attached hydrogen (secondary N) is 3. The molecule has 0 aliphatic carbocycles. The second-order valence-corrected chi connectivity index (χ2v) is 7.28. The molecule has 160 valence electrons. The molecule has 3 N–H and O–H groups in total. The first kappa shape index (κ1) is 20.5. The van der Waals surface area contributed by atoms with E-state index in [1.54, 1.807) is 24.1 Å². The van der Waals surface area contributed by atoms with Crippen molar-refractivity contribution in [3.05, 3.63) is 59.8 Å². The Morgan fingerprint density at radius 2 is 1.97 bits per heavy atom. The van der Waals surface area contributed by atoms with Gasteiger partial charge in [0, 0.05) is 41.4 Å². The predicted octanol–water partition coefficient (Wildman–Crippen LogP) is 2.06. The van der Waals surface area contributed by atoms with Crippen molar-refractivity contribution in [1.82, 2.24) is 15.6 Å². The zero-order valence-corrected chi connectivity index (χ0v) is 17.4. The number of rotatable bonds is 6. The molecule has 0 radical (unpaired) electrons. The predicted molar refractivity (Wildman–Crippen MR) is 117 cm³/mol. The van der Waals surface area contributed by atoms with Crippen LogP contribution in [0.2, 0.25) is 0 Å². The molecule has 1 aromatic heterocycles. The van der Waals surface area contributed by atoms with Crippen molar-refractivity contribution in [2.75, 3.05) is 25.1 Å². The Balaban J connectivity index is 1.37. The van der Waals surface area contributed by atoms with Gasteiger partial charge in [0.2, 0.25) is 0 Å². The Labute approximate surface area is 179 Å². The lowest BCUT2D eigenvalue weighted by Gasteiger charge is -2.15. The minimum atomic E-state index is -0.851. The van der Waals surface area contributed by atoms with Crippen molar-refractivity contribution in [3.8, 4) is 5.75 Å². The molecule has 0 unspecified atom stereocenters. The molecule has 8 nitrogen and oxygen atoms in total. The van der Waals surface area contributed by atoms with Gasteiger partial charge in [0.05, 0.1) is 7.11 Å². The maximum atomic E-state index is 12.7. The minimum Gasteiger partial charge on any atom is -0.497 e. The molecule has 3 aromatic rings. The number of aromatic amines is 1. The maximum Gasteiger partial charge on any atom is 0.310 e. The molecule has 0 fully saturated rings. The highest BCUT2D eigenvalue weighted by atomic mass is 16.5. The van der Waals surface area contributed by atoms with E-state index in [4.69, 9.17) is 4.74 Å². The summed E-state index contributed by atoms with van der Waals surface area (Å²) in [6.07, 6.45) is 2.42. The molecule has 1 atom stereocenters. The van der Waals surface area contributed by atoms with Gasteiger partial charge in [0.1, 0.15) is 11.8 Å². The molecule has 0 saturated carbocycles. The minimum absolute atomic E-state index is 0.238. The van der Waals surface area contributed by atoms with Crippen LogP contribution < -0.4 is 20.3 Å². The second kappa shape index (κ2) is 8.51. The molecule has 31 heavy (non-hydrogen) atoms. The Kier molecular flexibility index (Phi) is 5.62. The SMILES string of the molecule is CCN1C(=O)[C@@H](NC(=O)C(=O)NCCc2c[nH]c3ccc(OC)cc23)c2ccccc21. The third-order valence-electron chi connectivity index (χ3n) is 5.50. The van der Waals surface area contributed by atoms with Gasteiger partial charge in [0.25, 0.3) is 5.91 Å². The van der Waals surface area contributed by atoms with Gasteiger partial charge < -0.3 is 25.3 Å². The van der Waals surface area contributed by atoms with E-state index in [9.17, 15) is 14.4 Å². The lowest BCUT2D eigenvalue weighted by Crippen LogP contribution is -2.44. The fourth-order valence-electron chi connectivity index (χ4n) is 3.93. The quantitative estimate of drug-likeness (QED) is 0.531. The number of H-pyrrole nitrogens is 1. The average molecular weight is 420 g/mol. The molecule has 0 saturated heterocycles. The van der Waals surface area contributed by atoms with Crippen LogP contribution >= 0.6 is 0 Å². The Morgan fingerprint density at radius 1 is 1.16 bits per heavy atom. The van der Waals surface area contributed by atoms with Crippen LogP contribution in [-0.4, -0.2) is 42.9 Å². The van der Waals surface area contributed by atoms with E-state index in [1.165, 1.54) is 0 Å². The summed E-state index contributed by atoms with van der Waals surface area (Å²) in [5.41, 5.74) is 3.44. The molecule has 3 amide bonds. The zero-order valence-electron chi connectivity index (χ0n) is 17.4. The Hall–Kier alpha value is -3.81. The number of para-hydroxylation sites is 1. The molecular weight excluding hydrogens is 396 g/mol. The summed E-state index contributed by atoms with van der Waals surface area (Å²) in [4.78, 5) is 42.2. The highest BCUT2D eigenvalue weighted by molar-refractivity contribution is 6.35. The molecule has 0 spiro atoms. The van der Waals surface area contributed by atoms with Crippen molar-refractivity contribution in [3.63, 3.8) is 0 Å². The van der Waals surface area contributed by atoms with E-state index in [0.29, 0.717) is 18.5 Å². The topological polar surface area (TPSA) is 104 Å². The first-order chi connectivity index (χ1) is 15.0. The van der Waals surface area contributed by atoms with Gasteiger partial charge in [-0.05, 0) is 43.2 Å². The summed E-state index contributed by atoms with van der Waals surface area (Å²) in [6, 6.07) is 12.1. The molecule has 2 aromatic carbocycles. The number of hydrogen-bond donors (Lipinski definition) is 3. The largest absolute Gasteiger partial charge is 0.497 e. The van der Waals surface area contributed by atoms with E-state index in [-0.39, 0.29) is 12.5 Å². The average Bonchev–Trinajstić information content (AvgIpc) is 3.31. The van der Waals surface area contributed by atoms with Crippen LogP contribution in [0, 0.1) is 0 Å². The number of aromatic nitrogens is 1.